The van der Waals surface area contributed by atoms with E-state index >= 15 is 0 Å². The van der Waals surface area contributed by atoms with Crippen LogP contribution in [0.25, 0.3) is 0 Å². The second kappa shape index (κ2) is 5.73. The van der Waals surface area contributed by atoms with E-state index in [1.807, 2.05) is 18.2 Å². The fraction of sp³-hybridized carbons (Fsp3) is 0.200. The Morgan fingerprint density at radius 3 is 3.05 bits per heavy atom. The van der Waals surface area contributed by atoms with Gasteiger partial charge in [0.1, 0.15) is 4.60 Å². The second-order valence-electron chi connectivity index (χ2n) is 4.67. The van der Waals surface area contributed by atoms with Crippen molar-refractivity contribution < 1.29 is 4.79 Å². The smallest absolute Gasteiger partial charge is 0.256 e. The Morgan fingerprint density at radius 1 is 1.30 bits per heavy atom. The van der Waals surface area contributed by atoms with Gasteiger partial charge < -0.3 is 10.6 Å². The van der Waals surface area contributed by atoms with Crippen molar-refractivity contribution in [2.45, 2.75) is 13.0 Å². The number of rotatable bonds is 2. The van der Waals surface area contributed by atoms with E-state index in [9.17, 15) is 4.79 Å². The average molecular weight is 332 g/mol. The molecule has 102 valence electrons. The highest BCUT2D eigenvalue weighted by atomic mass is 79.9. The fourth-order valence-corrected chi connectivity index (χ4v) is 2.76. The lowest BCUT2D eigenvalue weighted by molar-refractivity contribution is 0.102. The van der Waals surface area contributed by atoms with E-state index in [0.29, 0.717) is 10.3 Å². The summed E-state index contributed by atoms with van der Waals surface area (Å²) >= 11 is 3.34. The minimum absolute atomic E-state index is 0.0857. The Labute approximate surface area is 125 Å². The van der Waals surface area contributed by atoms with Gasteiger partial charge in [-0.3, -0.25) is 4.79 Å². The van der Waals surface area contributed by atoms with Crippen molar-refractivity contribution in [3.63, 3.8) is 0 Å². The lowest BCUT2D eigenvalue weighted by Gasteiger charge is -2.20. The van der Waals surface area contributed by atoms with Gasteiger partial charge in [0, 0.05) is 18.3 Å². The van der Waals surface area contributed by atoms with Gasteiger partial charge in [0.05, 0.1) is 5.69 Å². The van der Waals surface area contributed by atoms with Gasteiger partial charge in [-0.2, -0.15) is 0 Å². The second-order valence-corrected chi connectivity index (χ2v) is 5.42. The summed E-state index contributed by atoms with van der Waals surface area (Å²) in [6.07, 6.45) is 2.56. The third kappa shape index (κ3) is 2.59. The highest BCUT2D eigenvalue weighted by molar-refractivity contribution is 9.10. The van der Waals surface area contributed by atoms with Crippen LogP contribution >= 0.6 is 15.9 Å². The number of hydrogen-bond donors (Lipinski definition) is 2. The average Bonchev–Trinajstić information content (AvgIpc) is 2.49. The molecule has 1 aliphatic rings. The van der Waals surface area contributed by atoms with Crippen LogP contribution in [0.1, 0.15) is 21.5 Å². The van der Waals surface area contributed by atoms with Crippen molar-refractivity contribution in [1.82, 2.24) is 10.3 Å². The van der Waals surface area contributed by atoms with Crippen LogP contribution in [-0.2, 0) is 13.0 Å². The van der Waals surface area contributed by atoms with Crippen molar-refractivity contribution in [2.24, 2.45) is 0 Å². The Morgan fingerprint density at radius 2 is 2.20 bits per heavy atom. The quantitative estimate of drug-likeness (QED) is 0.832. The molecule has 2 heterocycles. The van der Waals surface area contributed by atoms with Gasteiger partial charge in [0.25, 0.3) is 5.91 Å². The van der Waals surface area contributed by atoms with Gasteiger partial charge in [-0.05, 0) is 58.2 Å². The molecule has 0 unspecified atom stereocenters. The number of benzene rings is 1. The summed E-state index contributed by atoms with van der Waals surface area (Å²) in [5.74, 6) is -0.0857. The first-order valence-corrected chi connectivity index (χ1v) is 7.28. The van der Waals surface area contributed by atoms with Gasteiger partial charge in [-0.1, -0.05) is 12.1 Å². The van der Waals surface area contributed by atoms with E-state index in [2.05, 4.69) is 37.6 Å². The SMILES string of the molecule is O=C(Nc1cccnc1Br)c1cccc2c1CCNC2. The molecule has 20 heavy (non-hydrogen) atoms. The number of anilines is 1. The van der Waals surface area contributed by atoms with Crippen LogP contribution in [0.4, 0.5) is 5.69 Å². The van der Waals surface area contributed by atoms with E-state index in [1.54, 1.807) is 12.3 Å². The minimum atomic E-state index is -0.0857. The zero-order valence-corrected chi connectivity index (χ0v) is 12.4. The van der Waals surface area contributed by atoms with Crippen LogP contribution < -0.4 is 10.6 Å². The lowest BCUT2D eigenvalue weighted by atomic mass is 9.95. The van der Waals surface area contributed by atoms with Gasteiger partial charge in [-0.15, -0.1) is 0 Å². The normalized spacial score (nSPS) is 13.7. The summed E-state index contributed by atoms with van der Waals surface area (Å²) in [7, 11) is 0. The van der Waals surface area contributed by atoms with Crippen LogP contribution in [-0.4, -0.2) is 17.4 Å². The monoisotopic (exact) mass is 331 g/mol. The van der Waals surface area contributed by atoms with Gasteiger partial charge in [0.15, 0.2) is 0 Å². The first kappa shape index (κ1) is 13.3. The van der Waals surface area contributed by atoms with E-state index in [-0.39, 0.29) is 5.91 Å². The third-order valence-corrected chi connectivity index (χ3v) is 4.02. The Hall–Kier alpha value is -1.72. The number of aromatic nitrogens is 1. The first-order valence-electron chi connectivity index (χ1n) is 6.49. The topological polar surface area (TPSA) is 54.0 Å². The standard InChI is InChI=1S/C15H14BrN3O/c16-14-13(5-2-7-18-14)19-15(20)12-4-1-3-10-9-17-8-6-11(10)12/h1-5,7,17H,6,8-9H2,(H,19,20). The van der Waals surface area contributed by atoms with E-state index in [0.717, 1.165) is 30.6 Å². The molecule has 0 radical (unpaired) electrons. The zero-order chi connectivity index (χ0) is 13.9. The maximum Gasteiger partial charge on any atom is 0.256 e. The van der Waals surface area contributed by atoms with Crippen molar-refractivity contribution in [3.05, 3.63) is 57.8 Å². The minimum Gasteiger partial charge on any atom is -0.320 e. The molecule has 1 amide bonds. The van der Waals surface area contributed by atoms with Crippen molar-refractivity contribution in [1.29, 1.82) is 0 Å². The molecule has 1 aromatic heterocycles. The summed E-state index contributed by atoms with van der Waals surface area (Å²) in [4.78, 5) is 16.6. The number of carbonyl (C=O) groups is 1. The van der Waals surface area contributed by atoms with E-state index in [1.165, 1.54) is 5.56 Å². The number of hydrogen-bond acceptors (Lipinski definition) is 3. The molecular formula is C15H14BrN3O. The molecule has 2 aromatic rings. The molecule has 0 atom stereocenters. The predicted molar refractivity (Wildman–Crippen MR) is 81.7 cm³/mol. The summed E-state index contributed by atoms with van der Waals surface area (Å²) in [5.41, 5.74) is 3.78. The van der Waals surface area contributed by atoms with Crippen molar-refractivity contribution in [3.8, 4) is 0 Å². The third-order valence-electron chi connectivity index (χ3n) is 3.39. The van der Waals surface area contributed by atoms with Crippen molar-refractivity contribution >= 4 is 27.5 Å². The maximum absolute atomic E-state index is 12.5. The molecule has 0 aliphatic carbocycles. The number of amides is 1. The molecule has 4 nitrogen and oxygen atoms in total. The molecule has 1 aromatic carbocycles. The highest BCUT2D eigenvalue weighted by Gasteiger charge is 2.17. The van der Waals surface area contributed by atoms with Gasteiger partial charge in [0.2, 0.25) is 0 Å². The van der Waals surface area contributed by atoms with E-state index in [4.69, 9.17) is 0 Å². The first-order chi connectivity index (χ1) is 9.75. The number of nitrogens with one attached hydrogen (secondary N) is 2. The van der Waals surface area contributed by atoms with Crippen LogP contribution in [0.2, 0.25) is 0 Å². The number of halogens is 1. The van der Waals surface area contributed by atoms with Crippen LogP contribution in [0.5, 0.6) is 0 Å². The Balaban J connectivity index is 1.90. The lowest BCUT2D eigenvalue weighted by Crippen LogP contribution is -2.26. The molecule has 3 rings (SSSR count). The molecule has 1 aliphatic heterocycles. The Bertz CT molecular complexity index is 657. The number of fused-ring (bicyclic) bond motifs is 1. The number of pyridine rings is 1. The maximum atomic E-state index is 12.5. The molecule has 0 saturated carbocycles. The molecular weight excluding hydrogens is 318 g/mol. The van der Waals surface area contributed by atoms with Crippen LogP contribution in [0.3, 0.4) is 0 Å². The molecule has 0 bridgehead atoms. The van der Waals surface area contributed by atoms with Gasteiger partial charge in [-0.25, -0.2) is 4.98 Å². The van der Waals surface area contributed by atoms with Gasteiger partial charge >= 0.3 is 0 Å². The molecule has 0 saturated heterocycles. The largest absolute Gasteiger partial charge is 0.320 e. The predicted octanol–water partition coefficient (Wildman–Crippen LogP) is 2.74. The van der Waals surface area contributed by atoms with Crippen LogP contribution in [0.15, 0.2) is 41.1 Å². The molecule has 5 heteroatoms. The summed E-state index contributed by atoms with van der Waals surface area (Å²) in [6, 6.07) is 9.50. The highest BCUT2D eigenvalue weighted by Crippen LogP contribution is 2.22. The zero-order valence-electron chi connectivity index (χ0n) is 10.8. The van der Waals surface area contributed by atoms with E-state index < -0.39 is 0 Å². The molecule has 2 N–H and O–H groups in total. The number of nitrogens with zero attached hydrogens (tertiary/aromatic N) is 1. The summed E-state index contributed by atoms with van der Waals surface area (Å²) < 4.78 is 0.639. The van der Waals surface area contributed by atoms with Crippen molar-refractivity contribution in [2.75, 3.05) is 11.9 Å². The fourth-order valence-electron chi connectivity index (χ4n) is 2.41. The van der Waals surface area contributed by atoms with Crippen LogP contribution in [0, 0.1) is 0 Å². The Kier molecular flexibility index (Phi) is 3.80. The summed E-state index contributed by atoms with van der Waals surface area (Å²) in [6.45, 7) is 1.74. The summed E-state index contributed by atoms with van der Waals surface area (Å²) in [5, 5.41) is 6.22. The molecule has 0 spiro atoms. The number of carbonyl (C=O) groups excluding carboxylic acids is 1. The molecule has 0 fully saturated rings.